The minimum absolute atomic E-state index is 0.273. The predicted molar refractivity (Wildman–Crippen MR) is 81.7 cm³/mol. The van der Waals surface area contributed by atoms with Crippen molar-refractivity contribution >= 4 is 11.3 Å². The third kappa shape index (κ3) is 3.20. The molecule has 0 spiro atoms. The molecule has 4 nitrogen and oxygen atoms in total. The van der Waals surface area contributed by atoms with Gasteiger partial charge >= 0.3 is 0 Å². The minimum atomic E-state index is 0.273. The number of aromatic nitrogens is 2. The average molecular weight is 298 g/mol. The molecule has 0 radical (unpaired) electrons. The Bertz CT molecular complexity index is 693. The number of para-hydroxylation sites is 2. The highest BCUT2D eigenvalue weighted by atomic mass is 32.1. The van der Waals surface area contributed by atoms with E-state index in [0.29, 0.717) is 12.8 Å². The normalized spacial score (nSPS) is 10.7. The molecule has 0 bridgehead atoms. The van der Waals surface area contributed by atoms with Gasteiger partial charge in [0, 0.05) is 24.0 Å². The first-order valence-corrected chi connectivity index (χ1v) is 7.39. The highest BCUT2D eigenvalue weighted by molar-refractivity contribution is 7.11. The van der Waals surface area contributed by atoms with Crippen molar-refractivity contribution in [3.05, 3.63) is 69.7 Å². The summed E-state index contributed by atoms with van der Waals surface area (Å²) in [7, 11) is 0. The molecule has 0 aliphatic rings. The van der Waals surface area contributed by atoms with Gasteiger partial charge in [0.2, 0.25) is 0 Å². The molecule has 0 saturated carbocycles. The van der Waals surface area contributed by atoms with E-state index in [0.717, 1.165) is 21.1 Å². The molecule has 0 atom stereocenters. The molecule has 0 saturated heterocycles. The van der Waals surface area contributed by atoms with E-state index < -0.39 is 0 Å². The zero-order chi connectivity index (χ0) is 14.7. The molecule has 0 aliphatic carbocycles. The quantitative estimate of drug-likeness (QED) is 0.776. The van der Waals surface area contributed by atoms with E-state index in [2.05, 4.69) is 10.2 Å². The van der Waals surface area contributed by atoms with Crippen molar-refractivity contribution in [2.45, 2.75) is 12.8 Å². The smallest absolute Gasteiger partial charge is 0.121 e. The van der Waals surface area contributed by atoms with Gasteiger partial charge in [0.1, 0.15) is 21.5 Å². The molecule has 3 aromatic rings. The maximum Gasteiger partial charge on any atom is 0.121 e. The number of phenolic OH excluding ortho intramolecular Hbond substituents is 2. The zero-order valence-corrected chi connectivity index (χ0v) is 12.0. The van der Waals surface area contributed by atoms with E-state index in [1.807, 2.05) is 24.3 Å². The summed E-state index contributed by atoms with van der Waals surface area (Å²) in [5, 5.41) is 29.6. The van der Waals surface area contributed by atoms with Gasteiger partial charge in [-0.2, -0.15) is 0 Å². The molecule has 106 valence electrons. The molecule has 0 amide bonds. The number of hydrogen-bond donors (Lipinski definition) is 2. The van der Waals surface area contributed by atoms with Crippen molar-refractivity contribution in [3.8, 4) is 11.5 Å². The SMILES string of the molecule is Oc1ccccc1Cc1nnc(Cc2ccccc2O)s1. The zero-order valence-electron chi connectivity index (χ0n) is 11.2. The number of nitrogens with zero attached hydrogens (tertiary/aromatic N) is 2. The van der Waals surface area contributed by atoms with Gasteiger partial charge in [-0.15, -0.1) is 21.5 Å². The Labute approximate surface area is 126 Å². The first-order chi connectivity index (χ1) is 10.2. The highest BCUT2D eigenvalue weighted by Crippen LogP contribution is 2.24. The minimum Gasteiger partial charge on any atom is -0.508 e. The van der Waals surface area contributed by atoms with Crippen molar-refractivity contribution in [2.24, 2.45) is 0 Å². The second-order valence-electron chi connectivity index (χ2n) is 4.70. The van der Waals surface area contributed by atoms with Crippen LogP contribution in [0.2, 0.25) is 0 Å². The van der Waals surface area contributed by atoms with Gasteiger partial charge in [-0.3, -0.25) is 0 Å². The third-order valence-corrected chi connectivity index (χ3v) is 4.10. The van der Waals surface area contributed by atoms with Crippen LogP contribution in [0.1, 0.15) is 21.1 Å². The maximum atomic E-state index is 9.77. The molecule has 3 rings (SSSR count). The lowest BCUT2D eigenvalue weighted by atomic mass is 10.1. The highest BCUT2D eigenvalue weighted by Gasteiger charge is 2.09. The van der Waals surface area contributed by atoms with Crippen LogP contribution in [0.3, 0.4) is 0 Å². The number of aromatic hydroxyl groups is 2. The predicted octanol–water partition coefficient (Wildman–Crippen LogP) is 3.13. The summed E-state index contributed by atoms with van der Waals surface area (Å²) >= 11 is 1.50. The van der Waals surface area contributed by atoms with E-state index >= 15 is 0 Å². The second-order valence-corrected chi connectivity index (χ2v) is 5.85. The number of hydrogen-bond acceptors (Lipinski definition) is 5. The van der Waals surface area contributed by atoms with Crippen molar-refractivity contribution < 1.29 is 10.2 Å². The van der Waals surface area contributed by atoms with Gasteiger partial charge in [0.15, 0.2) is 0 Å². The van der Waals surface area contributed by atoms with Crippen molar-refractivity contribution in [3.63, 3.8) is 0 Å². The lowest BCUT2D eigenvalue weighted by Crippen LogP contribution is -1.88. The lowest BCUT2D eigenvalue weighted by molar-refractivity contribution is 0.469. The van der Waals surface area contributed by atoms with Crippen molar-refractivity contribution in [1.82, 2.24) is 10.2 Å². The maximum absolute atomic E-state index is 9.77. The fraction of sp³-hybridized carbons (Fsp3) is 0.125. The first-order valence-electron chi connectivity index (χ1n) is 6.57. The lowest BCUT2D eigenvalue weighted by Gasteiger charge is -2.01. The molecule has 0 fully saturated rings. The summed E-state index contributed by atoms with van der Waals surface area (Å²) < 4.78 is 0. The van der Waals surface area contributed by atoms with Crippen LogP contribution in [0.5, 0.6) is 11.5 Å². The standard InChI is InChI=1S/C16H14N2O2S/c19-13-7-3-1-5-11(13)9-15-17-18-16(21-15)10-12-6-2-4-8-14(12)20/h1-8,19-20H,9-10H2. The summed E-state index contributed by atoms with van der Waals surface area (Å²) in [5.41, 5.74) is 1.67. The van der Waals surface area contributed by atoms with Gasteiger partial charge in [0.25, 0.3) is 0 Å². The summed E-state index contributed by atoms with van der Waals surface area (Å²) in [6.07, 6.45) is 1.12. The molecule has 1 heterocycles. The largest absolute Gasteiger partial charge is 0.508 e. The number of phenols is 2. The summed E-state index contributed by atoms with van der Waals surface area (Å²) in [5.74, 6) is 0.546. The molecule has 21 heavy (non-hydrogen) atoms. The fourth-order valence-electron chi connectivity index (χ4n) is 2.08. The topological polar surface area (TPSA) is 66.2 Å². The molecule has 2 N–H and O–H groups in total. The number of benzene rings is 2. The molecule has 1 aromatic heterocycles. The van der Waals surface area contributed by atoms with Gasteiger partial charge < -0.3 is 10.2 Å². The van der Waals surface area contributed by atoms with E-state index in [9.17, 15) is 10.2 Å². The van der Waals surface area contributed by atoms with Crippen molar-refractivity contribution in [2.75, 3.05) is 0 Å². The van der Waals surface area contributed by atoms with Crippen LogP contribution in [0.15, 0.2) is 48.5 Å². The Morgan fingerprint density at radius 2 is 1.14 bits per heavy atom. The summed E-state index contributed by atoms with van der Waals surface area (Å²) in [6.45, 7) is 0. The third-order valence-electron chi connectivity index (χ3n) is 3.18. The molecule has 0 aliphatic heterocycles. The van der Waals surface area contributed by atoms with Crippen LogP contribution in [-0.2, 0) is 12.8 Å². The van der Waals surface area contributed by atoms with Crippen LogP contribution in [0, 0.1) is 0 Å². The van der Waals surface area contributed by atoms with E-state index in [4.69, 9.17) is 0 Å². The van der Waals surface area contributed by atoms with E-state index in [-0.39, 0.29) is 11.5 Å². The molecule has 2 aromatic carbocycles. The van der Waals surface area contributed by atoms with E-state index in [1.165, 1.54) is 11.3 Å². The van der Waals surface area contributed by atoms with Gasteiger partial charge in [-0.25, -0.2) is 0 Å². The Kier molecular flexibility index (Phi) is 3.83. The van der Waals surface area contributed by atoms with Crippen LogP contribution < -0.4 is 0 Å². The van der Waals surface area contributed by atoms with Crippen LogP contribution in [-0.4, -0.2) is 20.4 Å². The molecular weight excluding hydrogens is 284 g/mol. The van der Waals surface area contributed by atoms with Crippen molar-refractivity contribution in [1.29, 1.82) is 0 Å². The van der Waals surface area contributed by atoms with E-state index in [1.54, 1.807) is 24.3 Å². The van der Waals surface area contributed by atoms with Crippen LogP contribution >= 0.6 is 11.3 Å². The first kappa shape index (κ1) is 13.6. The second kappa shape index (κ2) is 5.93. The molecule has 5 heteroatoms. The summed E-state index contributed by atoms with van der Waals surface area (Å²) in [6, 6.07) is 14.4. The van der Waals surface area contributed by atoms with Gasteiger partial charge in [0.05, 0.1) is 0 Å². The van der Waals surface area contributed by atoms with Gasteiger partial charge in [-0.1, -0.05) is 36.4 Å². The Balaban J connectivity index is 1.75. The van der Waals surface area contributed by atoms with Crippen LogP contribution in [0.4, 0.5) is 0 Å². The fourth-order valence-corrected chi connectivity index (χ4v) is 2.97. The number of rotatable bonds is 4. The molecular formula is C16H14N2O2S. The Morgan fingerprint density at radius 1 is 0.714 bits per heavy atom. The Morgan fingerprint density at radius 3 is 1.57 bits per heavy atom. The summed E-state index contributed by atoms with van der Waals surface area (Å²) in [4.78, 5) is 0. The monoisotopic (exact) mass is 298 g/mol. The van der Waals surface area contributed by atoms with Gasteiger partial charge in [-0.05, 0) is 12.1 Å². The molecule has 0 unspecified atom stereocenters. The van der Waals surface area contributed by atoms with Crippen LogP contribution in [0.25, 0.3) is 0 Å². The average Bonchev–Trinajstić information content (AvgIpc) is 2.91. The Hall–Kier alpha value is -2.40.